The highest BCUT2D eigenvalue weighted by molar-refractivity contribution is 7.89. The molecule has 0 aromatic heterocycles. The Kier molecular flexibility index (Phi) is 4.83. The molecule has 0 fully saturated rings. The van der Waals surface area contributed by atoms with Crippen molar-refractivity contribution < 1.29 is 8.42 Å². The average Bonchev–Trinajstić information content (AvgIpc) is 2.47. The van der Waals surface area contributed by atoms with E-state index in [1.54, 1.807) is 13.0 Å². The van der Waals surface area contributed by atoms with Gasteiger partial charge < -0.3 is 5.32 Å². The van der Waals surface area contributed by atoms with Crippen molar-refractivity contribution in [3.8, 4) is 0 Å². The second-order valence-electron chi connectivity index (χ2n) is 5.22. The lowest BCUT2D eigenvalue weighted by Crippen LogP contribution is -2.20. The number of benzene rings is 1. The maximum Gasteiger partial charge on any atom is 0.240 e. The minimum atomic E-state index is -3.40. The fourth-order valence-corrected chi connectivity index (χ4v) is 3.41. The number of rotatable bonds is 5. The van der Waals surface area contributed by atoms with Crippen LogP contribution in [0.15, 0.2) is 35.2 Å². The minimum Gasteiger partial charge on any atom is -0.385 e. The fraction of sp³-hybridized carbons (Fsp3) is 0.467. The summed E-state index contributed by atoms with van der Waals surface area (Å²) >= 11 is 0. The molecule has 20 heavy (non-hydrogen) atoms. The first-order chi connectivity index (χ1) is 9.53. The summed E-state index contributed by atoms with van der Waals surface area (Å²) in [7, 11) is -1.96. The van der Waals surface area contributed by atoms with Crippen molar-refractivity contribution in [3.05, 3.63) is 35.9 Å². The van der Waals surface area contributed by atoms with Gasteiger partial charge in [-0.3, -0.25) is 0 Å². The van der Waals surface area contributed by atoms with E-state index in [1.165, 1.54) is 13.5 Å². The van der Waals surface area contributed by atoms with Gasteiger partial charge >= 0.3 is 0 Å². The Morgan fingerprint density at radius 1 is 1.30 bits per heavy atom. The summed E-state index contributed by atoms with van der Waals surface area (Å²) in [5.41, 5.74) is 1.62. The first-order valence-electron chi connectivity index (χ1n) is 6.96. The van der Waals surface area contributed by atoms with Gasteiger partial charge in [-0.05, 0) is 56.8 Å². The predicted molar refractivity (Wildman–Crippen MR) is 82.4 cm³/mol. The molecule has 1 aliphatic rings. The maximum absolute atomic E-state index is 11.9. The third kappa shape index (κ3) is 3.61. The smallest absolute Gasteiger partial charge is 0.240 e. The maximum atomic E-state index is 11.9. The van der Waals surface area contributed by atoms with E-state index in [-0.39, 0.29) is 0 Å². The molecule has 0 spiro atoms. The molecule has 5 heteroatoms. The Balaban J connectivity index is 2.09. The van der Waals surface area contributed by atoms with Crippen molar-refractivity contribution in [2.75, 3.05) is 18.9 Å². The van der Waals surface area contributed by atoms with Crippen molar-refractivity contribution in [1.29, 1.82) is 0 Å². The van der Waals surface area contributed by atoms with Crippen LogP contribution in [0, 0.1) is 12.8 Å². The summed E-state index contributed by atoms with van der Waals surface area (Å²) < 4.78 is 26.2. The number of hydrogen-bond donors (Lipinski definition) is 2. The van der Waals surface area contributed by atoms with E-state index in [9.17, 15) is 8.42 Å². The number of nitrogens with one attached hydrogen (secondary N) is 2. The largest absolute Gasteiger partial charge is 0.385 e. The molecule has 1 aromatic carbocycles. The molecule has 1 aliphatic carbocycles. The van der Waals surface area contributed by atoms with E-state index in [0.717, 1.165) is 30.6 Å². The Morgan fingerprint density at radius 2 is 2.10 bits per heavy atom. The van der Waals surface area contributed by atoms with Gasteiger partial charge in [-0.15, -0.1) is 0 Å². The molecule has 0 heterocycles. The van der Waals surface area contributed by atoms with Crippen LogP contribution in [0.4, 0.5) is 5.69 Å². The molecule has 0 amide bonds. The van der Waals surface area contributed by atoms with Crippen LogP contribution in [0.1, 0.15) is 24.8 Å². The zero-order valence-corrected chi connectivity index (χ0v) is 12.8. The topological polar surface area (TPSA) is 58.2 Å². The fourth-order valence-electron chi connectivity index (χ4n) is 2.41. The Hall–Kier alpha value is -1.33. The second kappa shape index (κ2) is 6.41. The lowest BCUT2D eigenvalue weighted by atomic mass is 9.94. The molecular formula is C15H22N2O2S. The Bertz CT molecular complexity index is 594. The normalized spacial score (nSPS) is 19.0. The van der Waals surface area contributed by atoms with Crippen molar-refractivity contribution in [2.45, 2.75) is 31.1 Å². The highest BCUT2D eigenvalue weighted by Gasteiger charge is 2.15. The summed E-state index contributed by atoms with van der Waals surface area (Å²) in [6.45, 7) is 2.69. The quantitative estimate of drug-likeness (QED) is 0.821. The third-order valence-corrected chi connectivity index (χ3v) is 5.28. The van der Waals surface area contributed by atoms with Gasteiger partial charge in [0.25, 0.3) is 0 Å². The molecule has 0 radical (unpaired) electrons. The van der Waals surface area contributed by atoms with Gasteiger partial charge in [0.05, 0.1) is 4.90 Å². The summed E-state index contributed by atoms with van der Waals surface area (Å²) in [5.74, 6) is 0.630. The molecule has 0 saturated carbocycles. The molecule has 0 bridgehead atoms. The molecule has 1 aromatic rings. The monoisotopic (exact) mass is 294 g/mol. The van der Waals surface area contributed by atoms with Gasteiger partial charge in [0.2, 0.25) is 10.0 Å². The van der Waals surface area contributed by atoms with E-state index in [1.807, 2.05) is 12.1 Å². The van der Waals surface area contributed by atoms with Crippen molar-refractivity contribution in [1.82, 2.24) is 4.72 Å². The number of sulfonamides is 1. The van der Waals surface area contributed by atoms with Gasteiger partial charge in [0.15, 0.2) is 0 Å². The lowest BCUT2D eigenvalue weighted by Gasteiger charge is -2.19. The molecular weight excluding hydrogens is 272 g/mol. The standard InChI is InChI=1S/C15H22N2O2S/c1-12-8-9-14(10-15(12)20(18,19)16-2)17-11-13-6-4-3-5-7-13/h3-4,8-10,13,16-17H,5-7,11H2,1-2H3. The summed E-state index contributed by atoms with van der Waals surface area (Å²) in [6.07, 6.45) is 7.87. The number of allylic oxidation sites excluding steroid dienone is 2. The average molecular weight is 294 g/mol. The highest BCUT2D eigenvalue weighted by Crippen LogP contribution is 2.22. The molecule has 2 N–H and O–H groups in total. The molecule has 0 aliphatic heterocycles. The second-order valence-corrected chi connectivity index (χ2v) is 7.07. The van der Waals surface area contributed by atoms with Crippen LogP contribution in [-0.4, -0.2) is 22.0 Å². The van der Waals surface area contributed by atoms with Gasteiger partial charge in [-0.25, -0.2) is 13.1 Å². The van der Waals surface area contributed by atoms with Gasteiger partial charge in [-0.2, -0.15) is 0 Å². The highest BCUT2D eigenvalue weighted by atomic mass is 32.2. The Labute approximate surface area is 121 Å². The van der Waals surface area contributed by atoms with E-state index < -0.39 is 10.0 Å². The SMILES string of the molecule is CNS(=O)(=O)c1cc(NCC2CC=CCC2)ccc1C. The molecule has 110 valence electrons. The van der Waals surface area contributed by atoms with E-state index >= 15 is 0 Å². The van der Waals surface area contributed by atoms with Crippen molar-refractivity contribution in [3.63, 3.8) is 0 Å². The molecule has 2 rings (SSSR count). The summed E-state index contributed by atoms with van der Waals surface area (Å²) in [5, 5.41) is 3.35. The van der Waals surface area contributed by atoms with E-state index in [0.29, 0.717) is 10.8 Å². The molecule has 4 nitrogen and oxygen atoms in total. The van der Waals surface area contributed by atoms with Crippen LogP contribution in [0.3, 0.4) is 0 Å². The first kappa shape index (κ1) is 15.1. The van der Waals surface area contributed by atoms with Gasteiger partial charge in [0, 0.05) is 12.2 Å². The number of anilines is 1. The van der Waals surface area contributed by atoms with Gasteiger partial charge in [0.1, 0.15) is 0 Å². The zero-order valence-electron chi connectivity index (χ0n) is 12.0. The van der Waals surface area contributed by atoms with Gasteiger partial charge in [-0.1, -0.05) is 18.2 Å². The Morgan fingerprint density at radius 3 is 2.75 bits per heavy atom. The van der Waals surface area contributed by atoms with Crippen LogP contribution in [0.5, 0.6) is 0 Å². The molecule has 1 atom stereocenters. The summed E-state index contributed by atoms with van der Waals surface area (Å²) in [4.78, 5) is 0.341. The summed E-state index contributed by atoms with van der Waals surface area (Å²) in [6, 6.07) is 5.48. The van der Waals surface area contributed by atoms with E-state index in [4.69, 9.17) is 0 Å². The zero-order chi connectivity index (χ0) is 14.6. The minimum absolute atomic E-state index is 0.341. The van der Waals surface area contributed by atoms with Crippen LogP contribution < -0.4 is 10.0 Å². The van der Waals surface area contributed by atoms with Crippen LogP contribution >= 0.6 is 0 Å². The van der Waals surface area contributed by atoms with Crippen molar-refractivity contribution in [2.24, 2.45) is 5.92 Å². The predicted octanol–water partition coefficient (Wildman–Crippen LogP) is 2.67. The molecule has 1 unspecified atom stereocenters. The first-order valence-corrected chi connectivity index (χ1v) is 8.44. The van der Waals surface area contributed by atoms with Crippen LogP contribution in [0.2, 0.25) is 0 Å². The molecule has 0 saturated heterocycles. The number of hydrogen-bond acceptors (Lipinski definition) is 3. The van der Waals surface area contributed by atoms with E-state index in [2.05, 4.69) is 22.2 Å². The lowest BCUT2D eigenvalue weighted by molar-refractivity contribution is 0.504. The van der Waals surface area contributed by atoms with Crippen LogP contribution in [0.25, 0.3) is 0 Å². The van der Waals surface area contributed by atoms with Crippen molar-refractivity contribution >= 4 is 15.7 Å². The third-order valence-electron chi connectivity index (χ3n) is 3.72. The number of aryl methyl sites for hydroxylation is 1. The van der Waals surface area contributed by atoms with Crippen LogP contribution in [-0.2, 0) is 10.0 Å².